The Kier molecular flexibility index (Phi) is 6.47. The molecule has 4 rings (SSSR count). The predicted octanol–water partition coefficient (Wildman–Crippen LogP) is -2.41. The normalized spacial score (nSPS) is 16.5. The van der Waals surface area contributed by atoms with Crippen LogP contribution in [0.5, 0.6) is 0 Å². The van der Waals surface area contributed by atoms with Crippen molar-refractivity contribution in [1.29, 1.82) is 0 Å². The van der Waals surface area contributed by atoms with E-state index in [0.717, 1.165) is 6.07 Å². The number of hydrazine groups is 3. The van der Waals surface area contributed by atoms with Crippen LogP contribution in [0, 0.1) is 0 Å². The maximum absolute atomic E-state index is 13.0. The maximum Gasteiger partial charge on any atom is 0.242 e. The lowest BCUT2D eigenvalue weighted by Crippen LogP contribution is -2.37. The van der Waals surface area contributed by atoms with Crippen LogP contribution in [0.3, 0.4) is 0 Å². The van der Waals surface area contributed by atoms with E-state index in [9.17, 15) is 21.9 Å². The van der Waals surface area contributed by atoms with Gasteiger partial charge in [-0.3, -0.25) is 0 Å². The van der Waals surface area contributed by atoms with Crippen LogP contribution in [0.2, 0.25) is 0 Å². The van der Waals surface area contributed by atoms with Gasteiger partial charge in [-0.15, -0.1) is 0 Å². The minimum Gasteiger partial charge on any atom is -0.390 e. The lowest BCUT2D eigenvalue weighted by atomic mass is 9.96. The van der Waals surface area contributed by atoms with Crippen molar-refractivity contribution in [2.45, 2.75) is 22.1 Å². The van der Waals surface area contributed by atoms with Gasteiger partial charge >= 0.3 is 0 Å². The van der Waals surface area contributed by atoms with Crippen molar-refractivity contribution in [3.63, 3.8) is 0 Å². The van der Waals surface area contributed by atoms with E-state index >= 15 is 0 Å². The summed E-state index contributed by atoms with van der Waals surface area (Å²) >= 11 is 0. The molecule has 1 fully saturated rings. The quantitative estimate of drug-likeness (QED) is 0.159. The molecule has 1 saturated heterocycles. The van der Waals surface area contributed by atoms with Crippen LogP contribution in [0.1, 0.15) is 11.7 Å². The molecule has 2 aromatic carbocycles. The summed E-state index contributed by atoms with van der Waals surface area (Å²) in [5.41, 5.74) is 18.3. The highest BCUT2D eigenvalue weighted by molar-refractivity contribution is 7.92. The third-order valence-corrected chi connectivity index (χ3v) is 7.64. The second-order valence-corrected chi connectivity index (χ2v) is 10.5. The molecule has 0 unspecified atom stereocenters. The molecule has 0 bridgehead atoms. The number of benzene rings is 2. The number of aromatic amines is 1. The van der Waals surface area contributed by atoms with Gasteiger partial charge in [0, 0.05) is 24.2 Å². The maximum atomic E-state index is 13.0. The average molecular weight is 498 g/mol. The molecule has 178 valence electrons. The molecule has 0 amide bonds. The summed E-state index contributed by atoms with van der Waals surface area (Å²) in [4.78, 5) is 6.10. The van der Waals surface area contributed by atoms with E-state index in [1.807, 2.05) is 0 Å². The number of primary sulfonamides is 1. The number of nitrogens with two attached hydrogens (primary N) is 2. The number of hydrogen-bond acceptors (Lipinski definition) is 11. The van der Waals surface area contributed by atoms with Gasteiger partial charge in [-0.05, 0) is 17.7 Å². The van der Waals surface area contributed by atoms with Crippen molar-refractivity contribution in [3.8, 4) is 11.1 Å². The van der Waals surface area contributed by atoms with E-state index in [0.29, 0.717) is 22.2 Å². The van der Waals surface area contributed by atoms with E-state index in [2.05, 4.69) is 36.6 Å². The summed E-state index contributed by atoms with van der Waals surface area (Å²) in [6.07, 6.45) is -0.553. The Morgan fingerprint density at radius 1 is 1.09 bits per heavy atom. The van der Waals surface area contributed by atoms with Crippen LogP contribution in [-0.2, 0) is 20.0 Å². The van der Waals surface area contributed by atoms with Crippen molar-refractivity contribution < 1.29 is 21.9 Å². The van der Waals surface area contributed by atoms with Gasteiger partial charge in [-0.1, -0.05) is 18.2 Å². The SMILES string of the molecule is NC[C@@H](O)CNS(=O)(=O)c1ccc(-c2cccc3[nH]cnc23)c(C2NNNN2)c1S(N)(=O)=O. The molecular formula is C17H23N9O5S2. The molecule has 11 N–H and O–H groups in total. The standard InChI is InChI=1S/C17H23N9O5S2/c18-6-9(27)7-22-33(30,31)13-5-4-10(11-2-1-3-12-15(11)21-8-20-12)14(16(13)32(19,28)29)17-23-25-26-24-17/h1-5,8-9,17,22-27H,6-7,18H2,(H,20,21)(H2,19,28,29)/t9-/m1/s1. The molecule has 0 aliphatic carbocycles. The molecule has 16 heteroatoms. The molecule has 0 radical (unpaired) electrons. The average Bonchev–Trinajstić information content (AvgIpc) is 3.47. The van der Waals surface area contributed by atoms with E-state index in [1.165, 1.54) is 12.4 Å². The second kappa shape index (κ2) is 9.03. The monoisotopic (exact) mass is 497 g/mol. The molecule has 14 nitrogen and oxygen atoms in total. The number of sulfonamides is 2. The number of H-pyrrole nitrogens is 1. The van der Waals surface area contributed by atoms with Gasteiger partial charge in [-0.2, -0.15) is 11.1 Å². The lowest BCUT2D eigenvalue weighted by Gasteiger charge is -2.22. The minimum absolute atomic E-state index is 0.0488. The van der Waals surface area contributed by atoms with Crippen LogP contribution in [-0.4, -0.2) is 51.1 Å². The van der Waals surface area contributed by atoms with Gasteiger partial charge in [0.2, 0.25) is 20.0 Å². The van der Waals surface area contributed by atoms with Crippen molar-refractivity contribution in [2.75, 3.05) is 13.1 Å². The molecule has 1 aliphatic heterocycles. The fraction of sp³-hybridized carbons (Fsp3) is 0.235. The van der Waals surface area contributed by atoms with Crippen molar-refractivity contribution >= 4 is 31.1 Å². The Labute approximate surface area is 189 Å². The summed E-state index contributed by atoms with van der Waals surface area (Å²) in [5.74, 6) is 0. The predicted molar refractivity (Wildman–Crippen MR) is 118 cm³/mol. The highest BCUT2D eigenvalue weighted by Crippen LogP contribution is 2.38. The van der Waals surface area contributed by atoms with Crippen LogP contribution >= 0.6 is 0 Å². The second-order valence-electron chi connectivity index (χ2n) is 7.22. The van der Waals surface area contributed by atoms with Crippen LogP contribution < -0.4 is 37.5 Å². The topological polar surface area (TPSA) is 229 Å². The smallest absolute Gasteiger partial charge is 0.242 e. The number of aliphatic hydroxyl groups excluding tert-OH is 1. The first kappa shape index (κ1) is 23.6. The van der Waals surface area contributed by atoms with Gasteiger partial charge in [0.15, 0.2) is 0 Å². The zero-order chi connectivity index (χ0) is 23.8. The zero-order valence-corrected chi connectivity index (χ0v) is 18.7. The van der Waals surface area contributed by atoms with Crippen LogP contribution in [0.25, 0.3) is 22.2 Å². The number of imidazole rings is 1. The molecule has 1 aromatic heterocycles. The van der Waals surface area contributed by atoms with Gasteiger partial charge in [0.05, 0.1) is 23.5 Å². The van der Waals surface area contributed by atoms with E-state index in [1.54, 1.807) is 18.2 Å². The van der Waals surface area contributed by atoms with Crippen molar-refractivity contribution in [3.05, 3.63) is 42.2 Å². The van der Waals surface area contributed by atoms with Crippen LogP contribution in [0.15, 0.2) is 46.5 Å². The number of rotatable bonds is 8. The lowest BCUT2D eigenvalue weighted by molar-refractivity contribution is 0.186. The van der Waals surface area contributed by atoms with E-state index in [4.69, 9.17) is 10.9 Å². The Morgan fingerprint density at radius 3 is 2.48 bits per heavy atom. The molecule has 33 heavy (non-hydrogen) atoms. The van der Waals surface area contributed by atoms with Gasteiger partial charge in [0.1, 0.15) is 16.0 Å². The molecule has 1 aliphatic rings. The fourth-order valence-electron chi connectivity index (χ4n) is 3.55. The van der Waals surface area contributed by atoms with Crippen molar-refractivity contribution in [2.24, 2.45) is 10.9 Å². The van der Waals surface area contributed by atoms with Gasteiger partial charge in [0.25, 0.3) is 0 Å². The fourth-order valence-corrected chi connectivity index (χ4v) is 6.28. The first-order chi connectivity index (χ1) is 15.6. The Morgan fingerprint density at radius 2 is 1.82 bits per heavy atom. The Balaban J connectivity index is 2.00. The number of nitrogens with zero attached hydrogens (tertiary/aromatic N) is 1. The Hall–Kier alpha value is -2.51. The first-order valence-corrected chi connectivity index (χ1v) is 12.7. The summed E-state index contributed by atoms with van der Waals surface area (Å²) in [6.45, 7) is -0.592. The third-order valence-electron chi connectivity index (χ3n) is 5.04. The number of aliphatic hydroxyl groups is 1. The molecular weight excluding hydrogens is 474 g/mol. The summed E-state index contributed by atoms with van der Waals surface area (Å²) in [6, 6.07) is 7.91. The van der Waals surface area contributed by atoms with Gasteiger partial charge in [-0.25, -0.2) is 42.5 Å². The Bertz CT molecular complexity index is 1390. The molecule has 2 heterocycles. The zero-order valence-electron chi connectivity index (χ0n) is 17.0. The third kappa shape index (κ3) is 4.62. The number of fused-ring (bicyclic) bond motifs is 1. The van der Waals surface area contributed by atoms with Crippen LogP contribution in [0.4, 0.5) is 0 Å². The molecule has 1 atom stereocenters. The molecule has 0 saturated carbocycles. The number of aromatic nitrogens is 2. The number of hydrogen-bond donors (Lipinski definition) is 9. The highest BCUT2D eigenvalue weighted by atomic mass is 32.2. The minimum atomic E-state index is -4.57. The summed E-state index contributed by atoms with van der Waals surface area (Å²) < 4.78 is 53.8. The van der Waals surface area contributed by atoms with Gasteiger partial charge < -0.3 is 15.8 Å². The van der Waals surface area contributed by atoms with Crippen molar-refractivity contribution in [1.82, 2.24) is 36.6 Å². The van der Waals surface area contributed by atoms with E-state index in [-0.39, 0.29) is 12.1 Å². The first-order valence-electron chi connectivity index (χ1n) is 9.64. The summed E-state index contributed by atoms with van der Waals surface area (Å²) in [5, 5.41) is 15.2. The van der Waals surface area contributed by atoms with E-state index < -0.39 is 48.7 Å². The highest BCUT2D eigenvalue weighted by Gasteiger charge is 2.34. The number of para-hydroxylation sites is 1. The summed E-state index contributed by atoms with van der Waals surface area (Å²) in [7, 11) is -8.97. The largest absolute Gasteiger partial charge is 0.390 e. The molecule has 0 spiro atoms. The number of nitrogens with one attached hydrogen (secondary N) is 6. The molecule has 3 aromatic rings.